The number of benzene rings is 1. The van der Waals surface area contributed by atoms with Crippen LogP contribution in [0.4, 0.5) is 5.69 Å². The van der Waals surface area contributed by atoms with Crippen LogP contribution in [0, 0.1) is 0 Å². The average Bonchev–Trinajstić information content (AvgIpc) is 2.54. The third kappa shape index (κ3) is 3.18. The van der Waals surface area contributed by atoms with E-state index in [1.165, 1.54) is 0 Å². The molecule has 0 radical (unpaired) electrons. The van der Waals surface area contributed by atoms with Gasteiger partial charge in [0, 0.05) is 40.3 Å². The molecule has 1 unspecified atom stereocenters. The van der Waals surface area contributed by atoms with Crippen molar-refractivity contribution in [3.63, 3.8) is 0 Å². The van der Waals surface area contributed by atoms with Gasteiger partial charge >= 0.3 is 0 Å². The van der Waals surface area contributed by atoms with Gasteiger partial charge in [0.15, 0.2) is 5.85 Å². The van der Waals surface area contributed by atoms with Crippen molar-refractivity contribution in [1.82, 2.24) is 9.80 Å². The number of para-hydroxylation sites is 1. The number of anilines is 1. The number of methoxy groups -OCH3 is 1. The summed E-state index contributed by atoms with van der Waals surface area (Å²) in [6, 6.07) is 8.00. The lowest BCUT2D eigenvalue weighted by Crippen LogP contribution is -2.62. The van der Waals surface area contributed by atoms with E-state index in [-0.39, 0.29) is 0 Å². The molecule has 116 valence electrons. The minimum Gasteiger partial charge on any atom is -0.368 e. The predicted molar refractivity (Wildman–Crippen MR) is 88.6 cm³/mol. The molecule has 2 rings (SSSR count). The highest BCUT2D eigenvalue weighted by Crippen LogP contribution is 2.28. The summed E-state index contributed by atoms with van der Waals surface area (Å²) in [5, 5.41) is 0.809. The fraction of sp³-hybridized carbons (Fsp3) is 0.500. The van der Waals surface area contributed by atoms with Gasteiger partial charge in [-0.05, 0) is 25.3 Å². The molecule has 1 fully saturated rings. The lowest BCUT2D eigenvalue weighted by molar-refractivity contribution is -0.200. The Bertz CT molecular complexity index is 488. The van der Waals surface area contributed by atoms with Gasteiger partial charge in [0.25, 0.3) is 0 Å². The van der Waals surface area contributed by atoms with Crippen molar-refractivity contribution in [2.24, 2.45) is 0 Å². The Hall–Kier alpha value is -1.23. The minimum absolute atomic E-state index is 0.464. The number of hydrogen-bond acceptors (Lipinski definition) is 4. The Balaban J connectivity index is 2.06. The monoisotopic (exact) mass is 309 g/mol. The first-order chi connectivity index (χ1) is 10.0. The van der Waals surface area contributed by atoms with Gasteiger partial charge in [0.05, 0.1) is 10.7 Å². The number of piperazine rings is 1. The Morgan fingerprint density at radius 3 is 2.43 bits per heavy atom. The molecule has 1 heterocycles. The Kier molecular flexibility index (Phi) is 5.14. The first-order valence-electron chi connectivity index (χ1n) is 7.18. The van der Waals surface area contributed by atoms with Gasteiger partial charge in [0.1, 0.15) is 0 Å². The Labute approximate surface area is 132 Å². The van der Waals surface area contributed by atoms with Gasteiger partial charge < -0.3 is 14.5 Å². The van der Waals surface area contributed by atoms with E-state index in [2.05, 4.69) is 29.4 Å². The molecule has 0 aliphatic carbocycles. The molecule has 5 heteroatoms. The molecule has 0 amide bonds. The number of hydrogen-bond donors (Lipinski definition) is 0. The lowest BCUT2D eigenvalue weighted by atomic mass is 10.2. The highest BCUT2D eigenvalue weighted by molar-refractivity contribution is 6.33. The molecule has 1 aliphatic rings. The first-order valence-corrected chi connectivity index (χ1v) is 7.56. The fourth-order valence-corrected chi connectivity index (χ4v) is 2.99. The van der Waals surface area contributed by atoms with Crippen LogP contribution in [0.1, 0.15) is 6.92 Å². The molecule has 1 saturated heterocycles. The van der Waals surface area contributed by atoms with Crippen molar-refractivity contribution in [3.8, 4) is 0 Å². The number of halogens is 1. The van der Waals surface area contributed by atoms with Crippen LogP contribution in [-0.4, -0.2) is 56.0 Å². The van der Waals surface area contributed by atoms with Gasteiger partial charge in [-0.1, -0.05) is 30.3 Å². The van der Waals surface area contributed by atoms with Crippen molar-refractivity contribution in [3.05, 3.63) is 42.1 Å². The van der Waals surface area contributed by atoms with E-state index in [1.807, 2.05) is 30.1 Å². The van der Waals surface area contributed by atoms with E-state index in [0.717, 1.165) is 36.9 Å². The summed E-state index contributed by atoms with van der Waals surface area (Å²) >= 11 is 6.28. The summed E-state index contributed by atoms with van der Waals surface area (Å²) in [5.74, 6) is -0.464. The third-order valence-electron chi connectivity index (χ3n) is 4.37. The summed E-state index contributed by atoms with van der Waals surface area (Å²) in [6.07, 6.45) is 1.80. The number of nitrogens with zero attached hydrogens (tertiary/aromatic N) is 3. The van der Waals surface area contributed by atoms with Crippen LogP contribution in [0.25, 0.3) is 0 Å². The fourth-order valence-electron chi connectivity index (χ4n) is 2.74. The zero-order valence-electron chi connectivity index (χ0n) is 13.1. The van der Waals surface area contributed by atoms with E-state index in [0.29, 0.717) is 0 Å². The van der Waals surface area contributed by atoms with E-state index < -0.39 is 5.85 Å². The van der Waals surface area contributed by atoms with E-state index in [1.54, 1.807) is 13.3 Å². The van der Waals surface area contributed by atoms with Crippen LogP contribution in [0.15, 0.2) is 37.0 Å². The van der Waals surface area contributed by atoms with Gasteiger partial charge in [-0.15, -0.1) is 0 Å². The van der Waals surface area contributed by atoms with Crippen molar-refractivity contribution < 1.29 is 4.74 Å². The molecular formula is C16H24ClN3O. The van der Waals surface area contributed by atoms with Crippen molar-refractivity contribution in [2.45, 2.75) is 12.8 Å². The highest BCUT2D eigenvalue weighted by atomic mass is 35.5. The molecule has 4 nitrogen and oxygen atoms in total. The van der Waals surface area contributed by atoms with Gasteiger partial charge in [0.2, 0.25) is 0 Å². The summed E-state index contributed by atoms with van der Waals surface area (Å²) in [6.45, 7) is 9.57. The van der Waals surface area contributed by atoms with Crippen LogP contribution in [0.5, 0.6) is 0 Å². The maximum atomic E-state index is 6.28. The molecule has 1 aromatic carbocycles. The quantitative estimate of drug-likeness (QED) is 0.779. The van der Waals surface area contributed by atoms with E-state index in [9.17, 15) is 0 Å². The summed E-state index contributed by atoms with van der Waals surface area (Å²) in [4.78, 5) is 6.64. The normalized spacial score (nSPS) is 19.1. The molecule has 21 heavy (non-hydrogen) atoms. The van der Waals surface area contributed by atoms with Crippen molar-refractivity contribution in [2.75, 3.05) is 45.2 Å². The maximum Gasteiger partial charge on any atom is 0.196 e. The topological polar surface area (TPSA) is 19.0 Å². The molecule has 0 spiro atoms. The third-order valence-corrected chi connectivity index (χ3v) is 4.69. The molecule has 0 bridgehead atoms. The zero-order chi connectivity index (χ0) is 15.5. The summed E-state index contributed by atoms with van der Waals surface area (Å²) in [7, 11) is 3.72. The van der Waals surface area contributed by atoms with Crippen LogP contribution in [0.3, 0.4) is 0 Å². The second kappa shape index (κ2) is 6.69. The average molecular weight is 310 g/mol. The molecule has 1 aliphatic heterocycles. The molecular weight excluding hydrogens is 286 g/mol. The molecule has 0 N–H and O–H groups in total. The zero-order valence-corrected chi connectivity index (χ0v) is 13.8. The SMILES string of the molecule is C=CN(C)C(C)(OC)N1CCN(c2ccccc2Cl)CC1. The van der Waals surface area contributed by atoms with Gasteiger partial charge in [-0.25, -0.2) is 0 Å². The van der Waals surface area contributed by atoms with Gasteiger partial charge in [-0.3, -0.25) is 4.90 Å². The van der Waals surface area contributed by atoms with Crippen molar-refractivity contribution in [1.29, 1.82) is 0 Å². The van der Waals surface area contributed by atoms with Crippen LogP contribution in [-0.2, 0) is 4.74 Å². The highest BCUT2D eigenvalue weighted by Gasteiger charge is 2.36. The van der Waals surface area contributed by atoms with Gasteiger partial charge in [-0.2, -0.15) is 0 Å². The summed E-state index contributed by atoms with van der Waals surface area (Å²) < 4.78 is 5.73. The van der Waals surface area contributed by atoms with Crippen LogP contribution in [0.2, 0.25) is 5.02 Å². The molecule has 0 aromatic heterocycles. The molecule has 0 saturated carbocycles. The largest absolute Gasteiger partial charge is 0.368 e. The van der Waals surface area contributed by atoms with Crippen LogP contribution < -0.4 is 4.90 Å². The van der Waals surface area contributed by atoms with Crippen LogP contribution >= 0.6 is 11.6 Å². The smallest absolute Gasteiger partial charge is 0.196 e. The number of rotatable bonds is 5. The standard InChI is InChI=1S/C16H24ClN3O/c1-5-18(3)16(2,21-4)20-12-10-19(11-13-20)15-9-7-6-8-14(15)17/h5-9H,1,10-13H2,2-4H3. The Morgan fingerprint density at radius 2 is 1.90 bits per heavy atom. The van der Waals surface area contributed by atoms with E-state index >= 15 is 0 Å². The second-order valence-electron chi connectivity index (χ2n) is 5.36. The molecule has 1 atom stereocenters. The lowest BCUT2D eigenvalue weighted by Gasteiger charge is -2.49. The first kappa shape index (κ1) is 16.1. The molecule has 1 aromatic rings. The Morgan fingerprint density at radius 1 is 1.29 bits per heavy atom. The second-order valence-corrected chi connectivity index (χ2v) is 5.76. The summed E-state index contributed by atoms with van der Waals surface area (Å²) in [5.41, 5.74) is 1.11. The maximum absolute atomic E-state index is 6.28. The number of ether oxygens (including phenoxy) is 1. The van der Waals surface area contributed by atoms with Crippen molar-refractivity contribution >= 4 is 17.3 Å². The van der Waals surface area contributed by atoms with E-state index in [4.69, 9.17) is 16.3 Å². The predicted octanol–water partition coefficient (Wildman–Crippen LogP) is 2.86. The minimum atomic E-state index is -0.464.